The van der Waals surface area contributed by atoms with E-state index in [0.717, 1.165) is 49.3 Å². The predicted molar refractivity (Wildman–Crippen MR) is 78.0 cm³/mol. The Balaban J connectivity index is 2.13. The standard InChI is InChI=1S/C15H16ClN3O/c16-6-3-15-18-13-2-1-11(10-17)9-14(13)19(15)12-4-7-20-8-5-12/h1-2,9,12H,3-8H2. The number of nitrogens with zero attached hydrogens (tertiary/aromatic N) is 3. The van der Waals surface area contributed by atoms with Crippen LogP contribution in [0.5, 0.6) is 0 Å². The summed E-state index contributed by atoms with van der Waals surface area (Å²) in [4.78, 5) is 4.68. The molecule has 1 aliphatic rings. The zero-order valence-electron chi connectivity index (χ0n) is 11.2. The van der Waals surface area contributed by atoms with E-state index >= 15 is 0 Å². The summed E-state index contributed by atoms with van der Waals surface area (Å²) in [6.45, 7) is 1.56. The number of alkyl halides is 1. The number of hydrogen-bond acceptors (Lipinski definition) is 3. The molecule has 1 aliphatic heterocycles. The lowest BCUT2D eigenvalue weighted by Gasteiger charge is -2.25. The Bertz CT molecular complexity index is 653. The van der Waals surface area contributed by atoms with Gasteiger partial charge < -0.3 is 9.30 Å². The molecule has 0 radical (unpaired) electrons. The number of benzene rings is 1. The van der Waals surface area contributed by atoms with Crippen molar-refractivity contribution in [2.24, 2.45) is 0 Å². The zero-order chi connectivity index (χ0) is 13.9. The number of aromatic nitrogens is 2. The lowest BCUT2D eigenvalue weighted by atomic mass is 10.1. The molecule has 0 aliphatic carbocycles. The van der Waals surface area contributed by atoms with E-state index in [9.17, 15) is 0 Å². The van der Waals surface area contributed by atoms with Crippen molar-refractivity contribution in [3.63, 3.8) is 0 Å². The van der Waals surface area contributed by atoms with E-state index in [1.54, 1.807) is 0 Å². The summed E-state index contributed by atoms with van der Waals surface area (Å²) in [5.41, 5.74) is 2.65. The van der Waals surface area contributed by atoms with Gasteiger partial charge in [0.2, 0.25) is 0 Å². The molecule has 1 aromatic heterocycles. The molecule has 1 fully saturated rings. The van der Waals surface area contributed by atoms with Crippen molar-refractivity contribution in [2.45, 2.75) is 25.3 Å². The first-order valence-corrected chi connectivity index (χ1v) is 7.41. The van der Waals surface area contributed by atoms with E-state index in [1.165, 1.54) is 0 Å². The number of ether oxygens (including phenoxy) is 1. The third kappa shape index (κ3) is 2.39. The van der Waals surface area contributed by atoms with Gasteiger partial charge in [0.25, 0.3) is 0 Å². The third-order valence-corrected chi connectivity index (χ3v) is 3.95. The van der Waals surface area contributed by atoms with Crippen molar-refractivity contribution in [1.82, 2.24) is 9.55 Å². The molecule has 2 heterocycles. The van der Waals surface area contributed by atoms with Crippen LogP contribution < -0.4 is 0 Å². The maximum absolute atomic E-state index is 9.09. The van der Waals surface area contributed by atoms with E-state index < -0.39 is 0 Å². The van der Waals surface area contributed by atoms with Crippen LogP contribution in [0.4, 0.5) is 0 Å². The molecule has 0 saturated carbocycles. The number of imidazole rings is 1. The maximum atomic E-state index is 9.09. The zero-order valence-corrected chi connectivity index (χ0v) is 11.9. The van der Waals surface area contributed by atoms with Gasteiger partial charge in [-0.15, -0.1) is 11.6 Å². The fraction of sp³-hybridized carbons (Fsp3) is 0.467. The highest BCUT2D eigenvalue weighted by Crippen LogP contribution is 2.29. The molecular weight excluding hydrogens is 274 g/mol. The highest BCUT2D eigenvalue weighted by atomic mass is 35.5. The first-order valence-electron chi connectivity index (χ1n) is 6.88. The summed E-state index contributed by atoms with van der Waals surface area (Å²) in [5.74, 6) is 1.56. The van der Waals surface area contributed by atoms with Gasteiger partial charge in [-0.05, 0) is 31.0 Å². The Labute approximate surface area is 122 Å². The molecule has 1 aromatic carbocycles. The predicted octanol–water partition coefficient (Wildman–Crippen LogP) is 3.04. The van der Waals surface area contributed by atoms with Crippen molar-refractivity contribution < 1.29 is 4.74 Å². The molecule has 0 atom stereocenters. The molecule has 4 nitrogen and oxygen atoms in total. The fourth-order valence-corrected chi connectivity index (χ4v) is 2.99. The lowest BCUT2D eigenvalue weighted by molar-refractivity contribution is 0.0699. The van der Waals surface area contributed by atoms with Crippen LogP contribution in [0.1, 0.15) is 30.3 Å². The first-order chi connectivity index (χ1) is 9.83. The van der Waals surface area contributed by atoms with Crippen LogP contribution in [-0.4, -0.2) is 28.6 Å². The van der Waals surface area contributed by atoms with Crippen LogP contribution >= 0.6 is 11.6 Å². The molecule has 0 spiro atoms. The van der Waals surface area contributed by atoms with Crippen LogP contribution in [-0.2, 0) is 11.2 Å². The van der Waals surface area contributed by atoms with Crippen molar-refractivity contribution in [2.75, 3.05) is 19.1 Å². The molecule has 0 bridgehead atoms. The quantitative estimate of drug-likeness (QED) is 0.816. The van der Waals surface area contributed by atoms with Gasteiger partial charge in [-0.25, -0.2) is 4.98 Å². The molecule has 104 valence electrons. The van der Waals surface area contributed by atoms with Crippen molar-refractivity contribution in [3.8, 4) is 6.07 Å². The molecular formula is C15H16ClN3O. The second-order valence-electron chi connectivity index (χ2n) is 5.00. The van der Waals surface area contributed by atoms with E-state index in [4.69, 9.17) is 21.6 Å². The van der Waals surface area contributed by atoms with E-state index in [0.29, 0.717) is 17.5 Å². The number of aryl methyl sites for hydroxylation is 1. The van der Waals surface area contributed by atoms with Crippen molar-refractivity contribution >= 4 is 22.6 Å². The van der Waals surface area contributed by atoms with E-state index in [1.807, 2.05) is 18.2 Å². The molecule has 0 unspecified atom stereocenters. The molecule has 1 saturated heterocycles. The smallest absolute Gasteiger partial charge is 0.111 e. The Morgan fingerprint density at radius 1 is 1.40 bits per heavy atom. The number of fused-ring (bicyclic) bond motifs is 1. The largest absolute Gasteiger partial charge is 0.381 e. The number of halogens is 1. The summed E-state index contributed by atoms with van der Waals surface area (Å²) in [7, 11) is 0. The van der Waals surface area contributed by atoms with Crippen LogP contribution in [0.15, 0.2) is 18.2 Å². The highest BCUT2D eigenvalue weighted by Gasteiger charge is 2.21. The van der Waals surface area contributed by atoms with E-state index in [2.05, 4.69) is 15.6 Å². The number of nitriles is 1. The molecule has 20 heavy (non-hydrogen) atoms. The Morgan fingerprint density at radius 2 is 2.20 bits per heavy atom. The Hall–Kier alpha value is -1.57. The van der Waals surface area contributed by atoms with Gasteiger partial charge in [0.1, 0.15) is 5.82 Å². The highest BCUT2D eigenvalue weighted by molar-refractivity contribution is 6.17. The van der Waals surface area contributed by atoms with Crippen LogP contribution in [0.3, 0.4) is 0 Å². The third-order valence-electron chi connectivity index (χ3n) is 3.77. The van der Waals surface area contributed by atoms with Crippen LogP contribution in [0.2, 0.25) is 0 Å². The molecule has 0 amide bonds. The number of rotatable bonds is 3. The second-order valence-corrected chi connectivity index (χ2v) is 5.37. The SMILES string of the molecule is N#Cc1ccc2nc(CCCl)n(C3CCOCC3)c2c1. The normalized spacial score (nSPS) is 16.4. The maximum Gasteiger partial charge on any atom is 0.111 e. The summed E-state index contributed by atoms with van der Waals surface area (Å²) in [5, 5.41) is 9.09. The molecule has 2 aromatic rings. The molecule has 0 N–H and O–H groups in total. The van der Waals surface area contributed by atoms with Gasteiger partial charge in [-0.1, -0.05) is 0 Å². The minimum atomic E-state index is 0.390. The average molecular weight is 290 g/mol. The summed E-state index contributed by atoms with van der Waals surface area (Å²) < 4.78 is 7.71. The lowest BCUT2D eigenvalue weighted by Crippen LogP contribution is -2.21. The van der Waals surface area contributed by atoms with Crippen molar-refractivity contribution in [3.05, 3.63) is 29.6 Å². The van der Waals surface area contributed by atoms with Gasteiger partial charge in [-0.2, -0.15) is 5.26 Å². The topological polar surface area (TPSA) is 50.8 Å². The van der Waals surface area contributed by atoms with E-state index in [-0.39, 0.29) is 0 Å². The minimum absolute atomic E-state index is 0.390. The summed E-state index contributed by atoms with van der Waals surface area (Å²) in [6, 6.07) is 8.25. The number of hydrogen-bond donors (Lipinski definition) is 0. The molecule has 3 rings (SSSR count). The fourth-order valence-electron chi connectivity index (χ4n) is 2.82. The van der Waals surface area contributed by atoms with Crippen LogP contribution in [0, 0.1) is 11.3 Å². The second kappa shape index (κ2) is 5.82. The van der Waals surface area contributed by atoms with Gasteiger partial charge in [0.05, 0.1) is 22.7 Å². The first kappa shape index (κ1) is 13.4. The summed E-state index contributed by atoms with van der Waals surface area (Å²) >= 11 is 5.90. The minimum Gasteiger partial charge on any atom is -0.381 e. The monoisotopic (exact) mass is 289 g/mol. The van der Waals surface area contributed by atoms with Crippen molar-refractivity contribution in [1.29, 1.82) is 5.26 Å². The average Bonchev–Trinajstić information content (AvgIpc) is 2.85. The van der Waals surface area contributed by atoms with Gasteiger partial charge in [0, 0.05) is 31.6 Å². The van der Waals surface area contributed by atoms with Gasteiger partial charge in [-0.3, -0.25) is 0 Å². The Morgan fingerprint density at radius 3 is 2.90 bits per heavy atom. The van der Waals surface area contributed by atoms with Gasteiger partial charge >= 0.3 is 0 Å². The van der Waals surface area contributed by atoms with Gasteiger partial charge in [0.15, 0.2) is 0 Å². The Kier molecular flexibility index (Phi) is 3.90. The summed E-state index contributed by atoms with van der Waals surface area (Å²) in [6.07, 6.45) is 2.71. The molecule has 5 heteroatoms. The van der Waals surface area contributed by atoms with Crippen LogP contribution in [0.25, 0.3) is 11.0 Å².